The number of hydrogen-bond donors (Lipinski definition) is 4. The molecule has 1 unspecified atom stereocenters. The largest absolute Gasteiger partial charge is 0.481 e. The van der Waals surface area contributed by atoms with Crippen LogP contribution in [0.25, 0.3) is 0 Å². The molecule has 1 aliphatic heterocycles. The first-order valence-corrected chi connectivity index (χ1v) is 8.57. The lowest BCUT2D eigenvalue weighted by atomic mass is 9.93. The molecule has 9 heteroatoms. The number of carboxylic acid groups (broad SMARTS) is 1. The number of benzene rings is 1. The molecule has 0 fully saturated rings. The van der Waals surface area contributed by atoms with E-state index in [1.165, 1.54) is 0 Å². The highest BCUT2D eigenvalue weighted by Crippen LogP contribution is 2.30. The van der Waals surface area contributed by atoms with Crippen molar-refractivity contribution < 1.29 is 19.5 Å². The van der Waals surface area contributed by atoms with Gasteiger partial charge >= 0.3 is 5.97 Å². The van der Waals surface area contributed by atoms with Gasteiger partial charge in [-0.15, -0.1) is 0 Å². The van der Waals surface area contributed by atoms with E-state index < -0.39 is 12.0 Å². The Hall–Kier alpha value is -3.36. The summed E-state index contributed by atoms with van der Waals surface area (Å²) in [5, 5.41) is 14.4. The van der Waals surface area contributed by atoms with Crippen molar-refractivity contribution in [2.75, 3.05) is 23.8 Å². The predicted octanol–water partition coefficient (Wildman–Crippen LogP) is 1.00. The van der Waals surface area contributed by atoms with Crippen molar-refractivity contribution in [2.45, 2.75) is 25.4 Å². The number of carbonyl (C=O) groups excluding carboxylic acids is 2. The lowest BCUT2D eigenvalue weighted by Crippen LogP contribution is -2.49. The second kappa shape index (κ2) is 7.90. The summed E-state index contributed by atoms with van der Waals surface area (Å²) in [5.74, 6) is -0.792. The minimum atomic E-state index is -0.984. The van der Waals surface area contributed by atoms with Gasteiger partial charge in [-0.1, -0.05) is 6.07 Å². The number of aliphatic carboxylic acids is 1. The Morgan fingerprint density at radius 3 is 2.93 bits per heavy atom. The third-order valence-electron chi connectivity index (χ3n) is 4.49. The van der Waals surface area contributed by atoms with Crippen LogP contribution in [0.2, 0.25) is 0 Å². The van der Waals surface area contributed by atoms with Crippen LogP contribution in [-0.2, 0) is 16.1 Å². The fraction of sp³-hybridized carbons (Fsp3) is 0.333. The molecule has 1 aromatic carbocycles. The number of fused-ring (bicyclic) bond motifs is 1. The molecule has 0 saturated carbocycles. The van der Waals surface area contributed by atoms with Gasteiger partial charge in [0.05, 0.1) is 6.42 Å². The molecule has 9 nitrogen and oxygen atoms in total. The molecule has 0 spiro atoms. The number of likely N-dealkylation sites (N-methyl/N-ethyl adjacent to an activating group) is 1. The summed E-state index contributed by atoms with van der Waals surface area (Å²) < 4.78 is 0. The molecule has 1 aromatic heterocycles. The van der Waals surface area contributed by atoms with Crippen LogP contribution in [0.1, 0.15) is 28.8 Å². The fourth-order valence-electron chi connectivity index (χ4n) is 3.03. The molecule has 1 amide bonds. The summed E-state index contributed by atoms with van der Waals surface area (Å²) >= 11 is 0. The van der Waals surface area contributed by atoms with Gasteiger partial charge in [-0.3, -0.25) is 14.4 Å². The number of hydrogen-bond acceptors (Lipinski definition) is 6. The molecule has 27 heavy (non-hydrogen) atoms. The van der Waals surface area contributed by atoms with Gasteiger partial charge in [-0.05, 0) is 17.7 Å². The number of carbonyl (C=O) groups is 3. The maximum atomic E-state index is 12.5. The van der Waals surface area contributed by atoms with Crippen LogP contribution in [0.5, 0.6) is 0 Å². The molecule has 2 aromatic rings. The summed E-state index contributed by atoms with van der Waals surface area (Å²) in [6, 6.07) is 4.85. The standard InChI is InChI=1S/C18H21N5O4/c1-23-13-8-11(10-22-18-20-6-7-21-18)2-3-12(13)15(24)9-14(23)17(27)19-5-4-16(25)26/h2-3,6-8,14H,4-5,9-10H2,1H3,(H,19,27)(H,25,26)(H2,20,21,22). The number of H-pyrrole nitrogens is 1. The molecule has 3 rings (SSSR count). The fourth-order valence-corrected chi connectivity index (χ4v) is 3.03. The predicted molar refractivity (Wildman–Crippen MR) is 98.8 cm³/mol. The van der Waals surface area contributed by atoms with Crippen LogP contribution in [0.3, 0.4) is 0 Å². The lowest BCUT2D eigenvalue weighted by Gasteiger charge is -2.34. The summed E-state index contributed by atoms with van der Waals surface area (Å²) in [5.41, 5.74) is 2.20. The zero-order valence-electron chi connectivity index (χ0n) is 14.9. The maximum Gasteiger partial charge on any atom is 0.305 e. The van der Waals surface area contributed by atoms with E-state index in [0.29, 0.717) is 23.7 Å². The van der Waals surface area contributed by atoms with Gasteiger partial charge in [0, 0.05) is 50.2 Å². The Labute approximate surface area is 155 Å². The first-order valence-electron chi connectivity index (χ1n) is 8.57. The average Bonchev–Trinajstić information content (AvgIpc) is 3.16. The van der Waals surface area contributed by atoms with Crippen LogP contribution >= 0.6 is 0 Å². The van der Waals surface area contributed by atoms with E-state index in [1.54, 1.807) is 30.4 Å². The van der Waals surface area contributed by atoms with E-state index in [0.717, 1.165) is 5.56 Å². The van der Waals surface area contributed by atoms with Gasteiger partial charge < -0.3 is 25.6 Å². The number of nitrogens with one attached hydrogen (secondary N) is 3. The number of aromatic amines is 1. The molecule has 0 radical (unpaired) electrons. The smallest absolute Gasteiger partial charge is 0.305 e. The van der Waals surface area contributed by atoms with E-state index in [1.807, 2.05) is 12.1 Å². The van der Waals surface area contributed by atoms with Gasteiger partial charge in [0.15, 0.2) is 11.7 Å². The Morgan fingerprint density at radius 1 is 1.41 bits per heavy atom. The minimum Gasteiger partial charge on any atom is -0.481 e. The van der Waals surface area contributed by atoms with Crippen molar-refractivity contribution in [3.63, 3.8) is 0 Å². The normalized spacial score (nSPS) is 16.0. The SMILES string of the molecule is CN1c2cc(CNc3ncc[nH]3)ccc2C(=O)CC1C(=O)NCCC(=O)O. The highest BCUT2D eigenvalue weighted by Gasteiger charge is 2.33. The summed E-state index contributed by atoms with van der Waals surface area (Å²) in [6.07, 6.45) is 3.27. The molecule has 4 N–H and O–H groups in total. The quantitative estimate of drug-likeness (QED) is 0.572. The van der Waals surface area contributed by atoms with Gasteiger partial charge in [-0.25, -0.2) is 4.98 Å². The van der Waals surface area contributed by atoms with Gasteiger partial charge in [0.25, 0.3) is 0 Å². The summed E-state index contributed by atoms with van der Waals surface area (Å²) in [4.78, 5) is 44.3. The van der Waals surface area contributed by atoms with E-state index >= 15 is 0 Å². The number of imidazole rings is 1. The summed E-state index contributed by atoms with van der Waals surface area (Å²) in [7, 11) is 1.76. The first kappa shape index (κ1) is 18.4. The highest BCUT2D eigenvalue weighted by atomic mass is 16.4. The number of aromatic nitrogens is 2. The van der Waals surface area contributed by atoms with Crippen LogP contribution in [0.4, 0.5) is 11.6 Å². The molecule has 142 valence electrons. The average molecular weight is 371 g/mol. The maximum absolute atomic E-state index is 12.5. The van der Waals surface area contributed by atoms with Crippen molar-refractivity contribution in [3.8, 4) is 0 Å². The second-order valence-corrected chi connectivity index (χ2v) is 6.33. The van der Waals surface area contributed by atoms with E-state index in [4.69, 9.17) is 5.11 Å². The number of amides is 1. The van der Waals surface area contributed by atoms with Crippen LogP contribution in [-0.4, -0.2) is 52.4 Å². The van der Waals surface area contributed by atoms with Gasteiger partial charge in [0.2, 0.25) is 5.91 Å². The second-order valence-electron chi connectivity index (χ2n) is 6.33. The van der Waals surface area contributed by atoms with E-state index in [9.17, 15) is 14.4 Å². The van der Waals surface area contributed by atoms with Gasteiger partial charge in [-0.2, -0.15) is 0 Å². The number of carboxylic acids is 1. The molecule has 1 aliphatic rings. The lowest BCUT2D eigenvalue weighted by molar-refractivity contribution is -0.136. The van der Waals surface area contributed by atoms with E-state index in [-0.39, 0.29) is 31.1 Å². The minimum absolute atomic E-state index is 0.0344. The molecule has 1 atom stereocenters. The Kier molecular flexibility index (Phi) is 5.39. The monoisotopic (exact) mass is 371 g/mol. The van der Waals surface area contributed by atoms with Crippen LogP contribution in [0, 0.1) is 0 Å². The van der Waals surface area contributed by atoms with Crippen LogP contribution < -0.4 is 15.5 Å². The number of ketones is 1. The van der Waals surface area contributed by atoms with E-state index in [2.05, 4.69) is 20.6 Å². The zero-order valence-corrected chi connectivity index (χ0v) is 14.9. The molecular weight excluding hydrogens is 350 g/mol. The number of nitrogens with zero attached hydrogens (tertiary/aromatic N) is 2. The number of rotatable bonds is 7. The highest BCUT2D eigenvalue weighted by molar-refractivity contribution is 6.07. The Morgan fingerprint density at radius 2 is 2.22 bits per heavy atom. The third-order valence-corrected chi connectivity index (χ3v) is 4.49. The Bertz CT molecular complexity index is 849. The molecule has 0 bridgehead atoms. The van der Waals surface area contributed by atoms with Crippen molar-refractivity contribution in [1.29, 1.82) is 0 Å². The molecule has 0 saturated heterocycles. The topological polar surface area (TPSA) is 127 Å². The Balaban J connectivity index is 1.72. The van der Waals surface area contributed by atoms with Crippen LogP contribution in [0.15, 0.2) is 30.6 Å². The number of Topliss-reactive ketones (excluding diaryl/α,β-unsaturated/α-hetero) is 1. The van der Waals surface area contributed by atoms with Crippen molar-refractivity contribution in [3.05, 3.63) is 41.7 Å². The third kappa shape index (κ3) is 4.25. The first-order chi connectivity index (χ1) is 13.0. The molecule has 2 heterocycles. The van der Waals surface area contributed by atoms with Crippen molar-refractivity contribution in [1.82, 2.24) is 15.3 Å². The van der Waals surface area contributed by atoms with Crippen molar-refractivity contribution >= 4 is 29.3 Å². The van der Waals surface area contributed by atoms with Crippen molar-refractivity contribution in [2.24, 2.45) is 0 Å². The molecule has 0 aliphatic carbocycles. The zero-order chi connectivity index (χ0) is 19.4. The number of anilines is 2. The molecular formula is C18H21N5O4. The summed E-state index contributed by atoms with van der Waals surface area (Å²) in [6.45, 7) is 0.547. The van der Waals surface area contributed by atoms with Gasteiger partial charge in [0.1, 0.15) is 6.04 Å².